The van der Waals surface area contributed by atoms with Gasteiger partial charge in [-0.05, 0) is 69.9 Å². The van der Waals surface area contributed by atoms with Crippen LogP contribution in [0, 0.1) is 11.3 Å². The van der Waals surface area contributed by atoms with E-state index < -0.39 is 5.60 Å². The molecule has 3 saturated carbocycles. The van der Waals surface area contributed by atoms with Crippen LogP contribution in [0.4, 0.5) is 5.82 Å². The van der Waals surface area contributed by atoms with E-state index in [4.69, 9.17) is 4.74 Å². The third kappa shape index (κ3) is 2.62. The fraction of sp³-hybridized carbons (Fsp3) is 0.684. The van der Waals surface area contributed by atoms with Gasteiger partial charge in [0, 0.05) is 12.2 Å². The molecule has 1 aromatic rings. The van der Waals surface area contributed by atoms with Gasteiger partial charge in [0.25, 0.3) is 0 Å². The lowest BCUT2D eigenvalue weighted by Gasteiger charge is -2.35. The SMILES string of the molecule is CC(C)(C)OC(=O)[C@@]12C[C@@H](Nc3ccc(C4CCC4)cn3)[C@@H]1C2. The summed E-state index contributed by atoms with van der Waals surface area (Å²) in [6.07, 6.45) is 7.80. The van der Waals surface area contributed by atoms with Gasteiger partial charge in [0.1, 0.15) is 11.4 Å². The van der Waals surface area contributed by atoms with Crippen LogP contribution in [-0.4, -0.2) is 22.6 Å². The van der Waals surface area contributed by atoms with Gasteiger partial charge in [-0.3, -0.25) is 4.79 Å². The zero-order valence-electron chi connectivity index (χ0n) is 14.3. The molecule has 1 aromatic heterocycles. The minimum Gasteiger partial charge on any atom is -0.460 e. The van der Waals surface area contributed by atoms with Crippen molar-refractivity contribution in [1.82, 2.24) is 4.98 Å². The molecule has 1 heterocycles. The smallest absolute Gasteiger partial charge is 0.313 e. The molecule has 4 nitrogen and oxygen atoms in total. The van der Waals surface area contributed by atoms with Crippen molar-refractivity contribution in [2.24, 2.45) is 11.3 Å². The van der Waals surface area contributed by atoms with E-state index >= 15 is 0 Å². The van der Waals surface area contributed by atoms with Crippen molar-refractivity contribution in [3.63, 3.8) is 0 Å². The lowest BCUT2D eigenvalue weighted by molar-refractivity contribution is -0.165. The number of aromatic nitrogens is 1. The number of carbonyl (C=O) groups is 1. The molecule has 23 heavy (non-hydrogen) atoms. The first kappa shape index (κ1) is 15.0. The maximum atomic E-state index is 12.3. The molecule has 0 radical (unpaired) electrons. The normalized spacial score (nSPS) is 32.3. The highest BCUT2D eigenvalue weighted by molar-refractivity contribution is 5.83. The summed E-state index contributed by atoms with van der Waals surface area (Å²) in [7, 11) is 0. The predicted molar refractivity (Wildman–Crippen MR) is 89.2 cm³/mol. The van der Waals surface area contributed by atoms with Crippen molar-refractivity contribution in [2.45, 2.75) is 70.4 Å². The molecule has 3 fully saturated rings. The first-order valence-corrected chi connectivity index (χ1v) is 8.83. The first-order chi connectivity index (χ1) is 10.9. The summed E-state index contributed by atoms with van der Waals surface area (Å²) in [5.74, 6) is 2.07. The summed E-state index contributed by atoms with van der Waals surface area (Å²) in [5, 5.41) is 3.50. The molecule has 3 aliphatic rings. The van der Waals surface area contributed by atoms with Gasteiger partial charge >= 0.3 is 5.97 Å². The van der Waals surface area contributed by atoms with Gasteiger partial charge in [0.15, 0.2) is 0 Å². The third-order valence-corrected chi connectivity index (χ3v) is 5.71. The van der Waals surface area contributed by atoms with Crippen LogP contribution >= 0.6 is 0 Å². The number of fused-ring (bicyclic) bond motifs is 1. The molecule has 0 spiro atoms. The second-order valence-electron chi connectivity index (χ2n) is 8.53. The second-order valence-corrected chi connectivity index (χ2v) is 8.53. The van der Waals surface area contributed by atoms with Crippen LogP contribution in [0.25, 0.3) is 0 Å². The Balaban J connectivity index is 1.32. The predicted octanol–water partition coefficient (Wildman–Crippen LogP) is 3.88. The Morgan fingerprint density at radius 2 is 2.09 bits per heavy atom. The average molecular weight is 314 g/mol. The van der Waals surface area contributed by atoms with Gasteiger partial charge in [-0.1, -0.05) is 12.5 Å². The zero-order valence-corrected chi connectivity index (χ0v) is 14.3. The molecule has 3 atom stereocenters. The molecule has 0 amide bonds. The molecule has 0 bridgehead atoms. The highest BCUT2D eigenvalue weighted by atomic mass is 16.6. The van der Waals surface area contributed by atoms with Gasteiger partial charge in [-0.25, -0.2) is 4.98 Å². The van der Waals surface area contributed by atoms with E-state index in [2.05, 4.69) is 22.4 Å². The fourth-order valence-electron chi connectivity index (χ4n) is 3.98. The number of hydrogen-bond acceptors (Lipinski definition) is 4. The lowest BCUT2D eigenvalue weighted by atomic mass is 9.79. The van der Waals surface area contributed by atoms with Crippen LogP contribution in [-0.2, 0) is 9.53 Å². The van der Waals surface area contributed by atoms with Gasteiger partial charge in [0.2, 0.25) is 0 Å². The lowest BCUT2D eigenvalue weighted by Crippen LogP contribution is -2.44. The van der Waals surface area contributed by atoms with E-state index in [1.54, 1.807) is 0 Å². The van der Waals surface area contributed by atoms with Crippen LogP contribution < -0.4 is 5.32 Å². The van der Waals surface area contributed by atoms with Crippen LogP contribution in [0.15, 0.2) is 18.3 Å². The average Bonchev–Trinajstić information content (AvgIpc) is 3.01. The highest BCUT2D eigenvalue weighted by Gasteiger charge is 2.73. The summed E-state index contributed by atoms with van der Waals surface area (Å²) < 4.78 is 5.56. The Morgan fingerprint density at radius 1 is 1.30 bits per heavy atom. The van der Waals surface area contributed by atoms with Crippen LogP contribution in [0.3, 0.4) is 0 Å². The van der Waals surface area contributed by atoms with Crippen LogP contribution in [0.1, 0.15) is 64.4 Å². The van der Waals surface area contributed by atoms with Gasteiger partial charge in [0.05, 0.1) is 5.41 Å². The summed E-state index contributed by atoms with van der Waals surface area (Å²) in [5.41, 5.74) is 0.776. The van der Waals surface area contributed by atoms with Gasteiger partial charge in [-0.2, -0.15) is 0 Å². The molecular weight excluding hydrogens is 288 g/mol. The standard InChI is InChI=1S/C19H26N2O2/c1-18(2,3)23-17(22)19-9-14(19)15(10-19)21-16-8-7-13(11-20-16)12-5-4-6-12/h7-8,11-12,14-15H,4-6,9-10H2,1-3H3,(H,20,21)/t14-,15+,19-/m0/s1. The van der Waals surface area contributed by atoms with E-state index in [9.17, 15) is 4.79 Å². The Hall–Kier alpha value is -1.58. The number of carbonyl (C=O) groups excluding carboxylic acids is 1. The molecule has 4 rings (SSSR count). The van der Waals surface area contributed by atoms with E-state index in [0.717, 1.165) is 24.6 Å². The number of anilines is 1. The number of rotatable bonds is 4. The quantitative estimate of drug-likeness (QED) is 0.857. The van der Waals surface area contributed by atoms with E-state index in [1.165, 1.54) is 24.8 Å². The largest absolute Gasteiger partial charge is 0.460 e. The maximum Gasteiger partial charge on any atom is 0.313 e. The topological polar surface area (TPSA) is 51.2 Å². The number of ether oxygens (including phenoxy) is 1. The number of nitrogens with one attached hydrogen (secondary N) is 1. The van der Waals surface area contributed by atoms with Crippen molar-refractivity contribution < 1.29 is 9.53 Å². The Labute approximate surface area is 138 Å². The molecule has 0 aromatic carbocycles. The van der Waals surface area contributed by atoms with Crippen LogP contribution in [0.5, 0.6) is 0 Å². The Morgan fingerprint density at radius 3 is 2.61 bits per heavy atom. The monoisotopic (exact) mass is 314 g/mol. The summed E-state index contributed by atoms with van der Waals surface area (Å²) in [4.78, 5) is 16.9. The number of nitrogens with zero attached hydrogens (tertiary/aromatic N) is 1. The van der Waals surface area contributed by atoms with E-state index in [0.29, 0.717) is 12.0 Å². The van der Waals surface area contributed by atoms with Gasteiger partial charge < -0.3 is 10.1 Å². The highest BCUT2D eigenvalue weighted by Crippen LogP contribution is 2.68. The molecule has 0 aliphatic heterocycles. The van der Waals surface area contributed by atoms with Crippen molar-refractivity contribution in [1.29, 1.82) is 0 Å². The third-order valence-electron chi connectivity index (χ3n) is 5.71. The summed E-state index contributed by atoms with van der Waals surface area (Å²) >= 11 is 0. The fourth-order valence-corrected chi connectivity index (χ4v) is 3.98. The van der Waals surface area contributed by atoms with Crippen LogP contribution in [0.2, 0.25) is 0 Å². The molecule has 124 valence electrons. The second kappa shape index (κ2) is 4.96. The number of esters is 1. The molecular formula is C19H26N2O2. The summed E-state index contributed by atoms with van der Waals surface area (Å²) in [6.45, 7) is 5.79. The number of hydrogen-bond donors (Lipinski definition) is 1. The van der Waals surface area contributed by atoms with Crippen molar-refractivity contribution >= 4 is 11.8 Å². The summed E-state index contributed by atoms with van der Waals surface area (Å²) in [6, 6.07) is 4.65. The minimum atomic E-state index is -0.392. The zero-order chi connectivity index (χ0) is 16.2. The molecule has 0 saturated heterocycles. The van der Waals surface area contributed by atoms with Crippen molar-refractivity contribution in [3.8, 4) is 0 Å². The molecule has 0 unspecified atom stereocenters. The van der Waals surface area contributed by atoms with Crippen molar-refractivity contribution in [3.05, 3.63) is 23.9 Å². The number of pyridine rings is 1. The van der Waals surface area contributed by atoms with E-state index in [-0.39, 0.29) is 11.4 Å². The Kier molecular flexibility index (Phi) is 3.23. The maximum absolute atomic E-state index is 12.3. The Bertz CT molecular complexity index is 615. The molecule has 1 N–H and O–H groups in total. The van der Waals surface area contributed by atoms with Crippen molar-refractivity contribution in [2.75, 3.05) is 5.32 Å². The van der Waals surface area contributed by atoms with E-state index in [1.807, 2.05) is 27.0 Å². The minimum absolute atomic E-state index is 0.0126. The van der Waals surface area contributed by atoms with Gasteiger partial charge in [-0.15, -0.1) is 0 Å². The molecule has 3 aliphatic carbocycles. The molecule has 4 heteroatoms. The first-order valence-electron chi connectivity index (χ1n) is 8.83.